The molecule has 0 saturated carbocycles. The standard InChI is InChI=1S/C32H50N8O11/c1-16(2)23(43)35-27-34-22-19(25(45)36-27)33-15-40(22)26-21(20(42)18(14-41)49-26)48-13-11-12-39(30(47)51-32(8,9)10)28(37-24(44)17(3)4)38-29(46)50-31(5,6)7/h15-18,20-21,26,41-42H,11-14H2,1-10H3,(H,37,38,44,46)(H2,34,35,36,43,45)/t18-,20-,21-,26-/m1/s1. The normalized spacial score (nSPS) is 19.8. The van der Waals surface area contributed by atoms with Crippen molar-refractivity contribution in [1.29, 1.82) is 0 Å². The highest BCUT2D eigenvalue weighted by Crippen LogP contribution is 2.33. The Kier molecular flexibility index (Phi) is 13.4. The highest BCUT2D eigenvalue weighted by molar-refractivity contribution is 6.06. The number of hydrogen-bond donors (Lipinski definition) is 5. The lowest BCUT2D eigenvalue weighted by Crippen LogP contribution is -2.50. The van der Waals surface area contributed by atoms with E-state index in [1.54, 1.807) is 69.2 Å². The fourth-order valence-corrected chi connectivity index (χ4v) is 4.53. The second-order valence-electron chi connectivity index (χ2n) is 14.5. The zero-order chi connectivity index (χ0) is 38.4. The first-order chi connectivity index (χ1) is 23.6. The van der Waals surface area contributed by atoms with Crippen molar-refractivity contribution >= 4 is 47.1 Å². The molecule has 0 spiro atoms. The first-order valence-corrected chi connectivity index (χ1v) is 16.6. The van der Waals surface area contributed by atoms with Crippen molar-refractivity contribution in [3.63, 3.8) is 0 Å². The van der Waals surface area contributed by atoms with Gasteiger partial charge < -0.3 is 29.2 Å². The molecule has 284 valence electrons. The monoisotopic (exact) mass is 722 g/mol. The van der Waals surface area contributed by atoms with E-state index >= 15 is 0 Å². The van der Waals surface area contributed by atoms with Crippen LogP contribution in [-0.4, -0.2) is 114 Å². The molecular weight excluding hydrogens is 672 g/mol. The topological polar surface area (TPSA) is 249 Å². The fourth-order valence-electron chi connectivity index (χ4n) is 4.53. The van der Waals surface area contributed by atoms with Crippen molar-refractivity contribution in [1.82, 2.24) is 29.7 Å². The second-order valence-corrected chi connectivity index (χ2v) is 14.5. The van der Waals surface area contributed by atoms with Crippen LogP contribution in [0.1, 0.15) is 81.9 Å². The third-order valence-electron chi connectivity index (χ3n) is 7.02. The Morgan fingerprint density at radius 1 is 1.06 bits per heavy atom. The van der Waals surface area contributed by atoms with Crippen LogP contribution in [0.5, 0.6) is 0 Å². The minimum absolute atomic E-state index is 0.0159. The quantitative estimate of drug-likeness (QED) is 0.134. The van der Waals surface area contributed by atoms with E-state index in [4.69, 9.17) is 18.9 Å². The molecule has 2 aromatic heterocycles. The third-order valence-corrected chi connectivity index (χ3v) is 7.02. The Morgan fingerprint density at radius 3 is 2.25 bits per heavy atom. The van der Waals surface area contributed by atoms with Crippen LogP contribution in [0, 0.1) is 11.8 Å². The zero-order valence-electron chi connectivity index (χ0n) is 30.7. The molecule has 19 nitrogen and oxygen atoms in total. The number of carbonyl (C=O) groups is 4. The molecule has 1 aliphatic rings. The van der Waals surface area contributed by atoms with Gasteiger partial charge in [0.1, 0.15) is 29.5 Å². The number of ether oxygens (including phenoxy) is 4. The highest BCUT2D eigenvalue weighted by atomic mass is 16.6. The molecule has 51 heavy (non-hydrogen) atoms. The minimum Gasteiger partial charge on any atom is -0.443 e. The summed E-state index contributed by atoms with van der Waals surface area (Å²) in [6.07, 6.45) is -5.37. The fraction of sp³-hybridized carbons (Fsp3) is 0.688. The molecule has 0 unspecified atom stereocenters. The van der Waals surface area contributed by atoms with Crippen LogP contribution >= 0.6 is 0 Å². The molecule has 1 saturated heterocycles. The van der Waals surface area contributed by atoms with Crippen molar-refractivity contribution in [3.8, 4) is 0 Å². The van der Waals surface area contributed by atoms with Gasteiger partial charge in [-0.3, -0.25) is 34.6 Å². The predicted molar refractivity (Wildman–Crippen MR) is 183 cm³/mol. The average Bonchev–Trinajstić information content (AvgIpc) is 3.55. The number of H-pyrrole nitrogens is 1. The zero-order valence-corrected chi connectivity index (χ0v) is 30.7. The molecule has 2 aromatic rings. The number of imidazole rings is 1. The number of hydrogen-bond acceptors (Lipinski definition) is 13. The summed E-state index contributed by atoms with van der Waals surface area (Å²) >= 11 is 0. The van der Waals surface area contributed by atoms with Gasteiger partial charge in [-0.1, -0.05) is 27.7 Å². The molecule has 0 radical (unpaired) electrons. The van der Waals surface area contributed by atoms with Crippen molar-refractivity contribution in [3.05, 3.63) is 16.7 Å². The summed E-state index contributed by atoms with van der Waals surface area (Å²) in [6, 6.07) is 0. The maximum absolute atomic E-state index is 13.4. The van der Waals surface area contributed by atoms with Crippen molar-refractivity contribution in [2.24, 2.45) is 16.8 Å². The molecule has 0 aliphatic carbocycles. The SMILES string of the molecule is CC(C)C(=O)NC(=NC(=O)OC(C)(C)C)N(CCCO[C@@H]1[C@H](O)[C@@H](CO)O[C@H]1n1cnc2c(=O)[nH]c(NC(=O)C(C)C)nc21)C(=O)OC(C)(C)C. The van der Waals surface area contributed by atoms with Gasteiger partial charge in [0.15, 0.2) is 17.4 Å². The van der Waals surface area contributed by atoms with Crippen LogP contribution < -0.4 is 16.2 Å². The number of guanidine groups is 1. The number of rotatable bonds is 10. The number of aliphatic hydroxyl groups is 2. The number of anilines is 1. The van der Waals surface area contributed by atoms with Gasteiger partial charge in [-0.05, 0) is 48.0 Å². The van der Waals surface area contributed by atoms with Crippen LogP contribution in [0.2, 0.25) is 0 Å². The summed E-state index contributed by atoms with van der Waals surface area (Å²) in [5.41, 5.74) is -2.57. The number of nitrogens with one attached hydrogen (secondary N) is 3. The van der Waals surface area contributed by atoms with Crippen LogP contribution in [-0.2, 0) is 28.5 Å². The van der Waals surface area contributed by atoms with Gasteiger partial charge in [-0.2, -0.15) is 4.98 Å². The van der Waals surface area contributed by atoms with E-state index in [1.165, 1.54) is 10.9 Å². The van der Waals surface area contributed by atoms with Gasteiger partial charge in [0.05, 0.1) is 12.9 Å². The van der Waals surface area contributed by atoms with Gasteiger partial charge in [0.2, 0.25) is 23.7 Å². The maximum Gasteiger partial charge on any atom is 0.437 e. The third kappa shape index (κ3) is 11.3. The largest absolute Gasteiger partial charge is 0.443 e. The number of fused-ring (bicyclic) bond motifs is 1. The molecule has 0 aromatic carbocycles. The molecule has 3 heterocycles. The van der Waals surface area contributed by atoms with Crippen molar-refractivity contribution < 1.29 is 48.3 Å². The maximum atomic E-state index is 13.4. The number of aromatic nitrogens is 4. The van der Waals surface area contributed by atoms with Gasteiger partial charge in [-0.25, -0.2) is 19.5 Å². The van der Waals surface area contributed by atoms with Gasteiger partial charge in [-0.15, -0.1) is 4.99 Å². The van der Waals surface area contributed by atoms with Crippen LogP contribution in [0.15, 0.2) is 16.1 Å². The summed E-state index contributed by atoms with van der Waals surface area (Å²) < 4.78 is 24.1. The number of aromatic amines is 1. The van der Waals surface area contributed by atoms with Crippen molar-refractivity contribution in [2.45, 2.75) is 111 Å². The molecule has 1 aliphatic heterocycles. The van der Waals surface area contributed by atoms with Crippen molar-refractivity contribution in [2.75, 3.05) is 25.1 Å². The van der Waals surface area contributed by atoms with E-state index in [0.29, 0.717) is 0 Å². The second kappa shape index (κ2) is 16.7. The lowest BCUT2D eigenvalue weighted by molar-refractivity contribution is -0.122. The number of aliphatic imine (C=N–C) groups is 1. The molecule has 19 heteroatoms. The lowest BCUT2D eigenvalue weighted by atomic mass is 10.1. The number of aliphatic hydroxyl groups excluding tert-OH is 2. The van der Waals surface area contributed by atoms with E-state index in [9.17, 15) is 34.2 Å². The molecule has 5 N–H and O–H groups in total. The highest BCUT2D eigenvalue weighted by Gasteiger charge is 2.46. The van der Waals surface area contributed by atoms with Gasteiger partial charge >= 0.3 is 12.2 Å². The predicted octanol–water partition coefficient (Wildman–Crippen LogP) is 2.04. The summed E-state index contributed by atoms with van der Waals surface area (Å²) in [5.74, 6) is -2.40. The number of amides is 4. The minimum atomic E-state index is -1.35. The summed E-state index contributed by atoms with van der Waals surface area (Å²) in [4.78, 5) is 79.7. The molecule has 4 amide bonds. The Hall–Kier alpha value is -4.46. The lowest BCUT2D eigenvalue weighted by Gasteiger charge is -2.29. The molecule has 0 bridgehead atoms. The number of nitrogens with zero attached hydrogens (tertiary/aromatic N) is 5. The average molecular weight is 723 g/mol. The van der Waals surface area contributed by atoms with Crippen LogP contribution in [0.4, 0.5) is 15.5 Å². The van der Waals surface area contributed by atoms with E-state index in [-0.39, 0.29) is 42.6 Å². The van der Waals surface area contributed by atoms with Gasteiger partial charge in [0.25, 0.3) is 5.56 Å². The number of carbonyl (C=O) groups excluding carboxylic acids is 4. The Morgan fingerprint density at radius 2 is 1.69 bits per heavy atom. The first kappa shape index (κ1) is 41.0. The molecule has 1 fully saturated rings. The molecule has 3 rings (SSSR count). The van der Waals surface area contributed by atoms with E-state index in [2.05, 4.69) is 30.6 Å². The Bertz CT molecular complexity index is 1650. The smallest absolute Gasteiger partial charge is 0.437 e. The summed E-state index contributed by atoms with van der Waals surface area (Å²) in [7, 11) is 0. The van der Waals surface area contributed by atoms with Crippen LogP contribution in [0.25, 0.3) is 11.2 Å². The molecule has 4 atom stereocenters. The van der Waals surface area contributed by atoms with E-state index in [1.807, 2.05) is 0 Å². The summed E-state index contributed by atoms with van der Waals surface area (Å²) in [6.45, 7) is 15.5. The van der Waals surface area contributed by atoms with Crippen LogP contribution in [0.3, 0.4) is 0 Å². The van der Waals surface area contributed by atoms with Gasteiger partial charge in [0, 0.05) is 25.0 Å². The Balaban J connectivity index is 1.90. The Labute approximate surface area is 295 Å². The first-order valence-electron chi connectivity index (χ1n) is 16.6. The van der Waals surface area contributed by atoms with E-state index < -0.39 is 83.8 Å². The molecular formula is C32H50N8O11. The summed E-state index contributed by atoms with van der Waals surface area (Å²) in [5, 5.41) is 26.0. The van der Waals surface area contributed by atoms with E-state index in [0.717, 1.165) is 4.90 Å².